The zero-order valence-electron chi connectivity index (χ0n) is 7.87. The van der Waals surface area contributed by atoms with Crippen molar-refractivity contribution < 1.29 is 5.11 Å². The number of hydrogen-bond donors (Lipinski definition) is 2. The van der Waals surface area contributed by atoms with E-state index in [-0.39, 0.29) is 6.61 Å². The molecule has 0 aliphatic carbocycles. The van der Waals surface area contributed by atoms with Gasteiger partial charge in [-0.15, -0.1) is 0 Å². The molecule has 0 aromatic heterocycles. The van der Waals surface area contributed by atoms with Gasteiger partial charge in [0.15, 0.2) is 0 Å². The van der Waals surface area contributed by atoms with Crippen LogP contribution in [0.25, 0.3) is 0 Å². The fraction of sp³-hybridized carbons (Fsp3) is 1.00. The van der Waals surface area contributed by atoms with Gasteiger partial charge in [-0.25, -0.2) is 0 Å². The average molecular weight is 172 g/mol. The lowest BCUT2D eigenvalue weighted by Crippen LogP contribution is -2.32. The number of nitrogens with zero attached hydrogens (tertiary/aromatic N) is 1. The number of hydrogen-bond acceptors (Lipinski definition) is 3. The lowest BCUT2D eigenvalue weighted by atomic mass is 9.96. The lowest BCUT2D eigenvalue weighted by Gasteiger charge is -2.18. The van der Waals surface area contributed by atoms with E-state index in [0.717, 1.165) is 19.4 Å². The molecule has 2 atom stereocenters. The van der Waals surface area contributed by atoms with E-state index in [1.54, 1.807) is 0 Å². The topological polar surface area (TPSA) is 49.5 Å². The molecule has 3 N–H and O–H groups in total. The van der Waals surface area contributed by atoms with Gasteiger partial charge in [-0.2, -0.15) is 0 Å². The molecule has 1 aliphatic heterocycles. The number of nitrogens with two attached hydrogens (primary N) is 1. The predicted octanol–water partition coefficient (Wildman–Crippen LogP) is 0.0379. The van der Waals surface area contributed by atoms with Crippen molar-refractivity contribution in [2.75, 3.05) is 26.7 Å². The Morgan fingerprint density at radius 3 is 2.92 bits per heavy atom. The van der Waals surface area contributed by atoms with E-state index < -0.39 is 0 Å². The Kier molecular flexibility index (Phi) is 3.98. The van der Waals surface area contributed by atoms with Gasteiger partial charge in [0.2, 0.25) is 0 Å². The molecule has 0 aromatic carbocycles. The lowest BCUT2D eigenvalue weighted by molar-refractivity contribution is 0.268. The summed E-state index contributed by atoms with van der Waals surface area (Å²) in [7, 11) is 2.14. The number of aliphatic hydroxyl groups is 1. The third-order valence-electron chi connectivity index (χ3n) is 2.73. The van der Waals surface area contributed by atoms with Crippen molar-refractivity contribution in [3.8, 4) is 0 Å². The molecule has 0 amide bonds. The van der Waals surface area contributed by atoms with Gasteiger partial charge in [0.25, 0.3) is 0 Å². The van der Waals surface area contributed by atoms with E-state index in [1.165, 1.54) is 13.0 Å². The van der Waals surface area contributed by atoms with Gasteiger partial charge in [-0.05, 0) is 38.8 Å². The highest BCUT2D eigenvalue weighted by molar-refractivity contribution is 4.81. The minimum absolute atomic E-state index is 0.274. The number of aliphatic hydroxyl groups excluding tert-OH is 1. The van der Waals surface area contributed by atoms with Crippen molar-refractivity contribution in [3.05, 3.63) is 0 Å². The first kappa shape index (κ1) is 9.96. The second-order valence-corrected chi connectivity index (χ2v) is 3.84. The first-order valence-electron chi connectivity index (χ1n) is 4.79. The molecule has 1 rings (SSSR count). The van der Waals surface area contributed by atoms with Crippen LogP contribution in [0.1, 0.15) is 19.3 Å². The SMILES string of the molecule is CN1CCC(C(N)CCCO)C1. The fourth-order valence-electron chi connectivity index (χ4n) is 1.88. The summed E-state index contributed by atoms with van der Waals surface area (Å²) in [6.07, 6.45) is 3.04. The Labute approximate surface area is 74.5 Å². The largest absolute Gasteiger partial charge is 0.396 e. The maximum atomic E-state index is 8.64. The molecule has 0 spiro atoms. The molecule has 12 heavy (non-hydrogen) atoms. The van der Waals surface area contributed by atoms with E-state index in [4.69, 9.17) is 10.8 Å². The predicted molar refractivity (Wildman–Crippen MR) is 49.9 cm³/mol. The highest BCUT2D eigenvalue weighted by Gasteiger charge is 2.24. The van der Waals surface area contributed by atoms with E-state index in [9.17, 15) is 0 Å². The van der Waals surface area contributed by atoms with Crippen molar-refractivity contribution in [3.63, 3.8) is 0 Å². The Morgan fingerprint density at radius 2 is 2.42 bits per heavy atom. The first-order chi connectivity index (χ1) is 5.74. The molecular formula is C9H20N2O. The molecule has 72 valence electrons. The maximum Gasteiger partial charge on any atom is 0.0431 e. The number of rotatable bonds is 4. The Morgan fingerprint density at radius 1 is 1.67 bits per heavy atom. The zero-order chi connectivity index (χ0) is 8.97. The van der Waals surface area contributed by atoms with Crippen LogP contribution in [0.5, 0.6) is 0 Å². The smallest absolute Gasteiger partial charge is 0.0431 e. The van der Waals surface area contributed by atoms with Crippen LogP contribution in [0.4, 0.5) is 0 Å². The van der Waals surface area contributed by atoms with Gasteiger partial charge in [-0.1, -0.05) is 0 Å². The van der Waals surface area contributed by atoms with Crippen LogP contribution >= 0.6 is 0 Å². The summed E-state index contributed by atoms with van der Waals surface area (Å²) >= 11 is 0. The van der Waals surface area contributed by atoms with Crippen LogP contribution in [-0.4, -0.2) is 42.8 Å². The molecule has 2 unspecified atom stereocenters. The summed E-state index contributed by atoms with van der Waals surface area (Å²) in [6, 6.07) is 0.294. The van der Waals surface area contributed by atoms with E-state index >= 15 is 0 Å². The van der Waals surface area contributed by atoms with Crippen molar-refractivity contribution in [1.82, 2.24) is 4.90 Å². The van der Waals surface area contributed by atoms with E-state index in [2.05, 4.69) is 11.9 Å². The first-order valence-corrected chi connectivity index (χ1v) is 4.79. The highest BCUT2D eigenvalue weighted by Crippen LogP contribution is 2.19. The van der Waals surface area contributed by atoms with Crippen molar-refractivity contribution >= 4 is 0 Å². The van der Waals surface area contributed by atoms with Gasteiger partial charge in [0, 0.05) is 19.2 Å². The Hall–Kier alpha value is -0.120. The third kappa shape index (κ3) is 2.73. The van der Waals surface area contributed by atoms with Gasteiger partial charge >= 0.3 is 0 Å². The zero-order valence-corrected chi connectivity index (χ0v) is 7.87. The van der Waals surface area contributed by atoms with Crippen LogP contribution < -0.4 is 5.73 Å². The molecule has 1 saturated heterocycles. The summed E-state index contributed by atoms with van der Waals surface area (Å²) in [5.41, 5.74) is 5.99. The number of likely N-dealkylation sites (tertiary alicyclic amines) is 1. The van der Waals surface area contributed by atoms with Crippen LogP contribution in [0.3, 0.4) is 0 Å². The molecule has 0 radical (unpaired) electrons. The normalized spacial score (nSPS) is 27.8. The van der Waals surface area contributed by atoms with Gasteiger partial charge < -0.3 is 15.7 Å². The molecule has 1 aliphatic rings. The van der Waals surface area contributed by atoms with Crippen molar-refractivity contribution in [2.24, 2.45) is 11.7 Å². The third-order valence-corrected chi connectivity index (χ3v) is 2.73. The van der Waals surface area contributed by atoms with Gasteiger partial charge in [-0.3, -0.25) is 0 Å². The average Bonchev–Trinajstić information content (AvgIpc) is 2.47. The minimum Gasteiger partial charge on any atom is -0.396 e. The molecule has 0 saturated carbocycles. The van der Waals surface area contributed by atoms with Crippen LogP contribution in [-0.2, 0) is 0 Å². The Bertz CT molecular complexity index is 130. The van der Waals surface area contributed by atoms with Gasteiger partial charge in [0.1, 0.15) is 0 Å². The molecule has 1 heterocycles. The fourth-order valence-corrected chi connectivity index (χ4v) is 1.88. The van der Waals surface area contributed by atoms with E-state index in [1.807, 2.05) is 0 Å². The van der Waals surface area contributed by atoms with Crippen molar-refractivity contribution in [2.45, 2.75) is 25.3 Å². The summed E-state index contributed by atoms with van der Waals surface area (Å²) in [5.74, 6) is 0.654. The van der Waals surface area contributed by atoms with Crippen LogP contribution in [0.15, 0.2) is 0 Å². The quantitative estimate of drug-likeness (QED) is 0.629. The van der Waals surface area contributed by atoms with Gasteiger partial charge in [0.05, 0.1) is 0 Å². The highest BCUT2D eigenvalue weighted by atomic mass is 16.2. The molecule has 1 fully saturated rings. The summed E-state index contributed by atoms with van der Waals surface area (Å²) < 4.78 is 0. The molecule has 0 bridgehead atoms. The summed E-state index contributed by atoms with van der Waals surface area (Å²) in [5, 5.41) is 8.64. The molecule has 3 nitrogen and oxygen atoms in total. The molecular weight excluding hydrogens is 152 g/mol. The summed E-state index contributed by atoms with van der Waals surface area (Å²) in [6.45, 7) is 2.58. The standard InChI is InChI=1S/C9H20N2O/c1-11-5-4-8(7-11)9(10)3-2-6-12/h8-9,12H,2-7,10H2,1H3. The second kappa shape index (κ2) is 4.80. The van der Waals surface area contributed by atoms with Crippen LogP contribution in [0.2, 0.25) is 0 Å². The Balaban J connectivity index is 2.18. The molecule has 0 aromatic rings. The second-order valence-electron chi connectivity index (χ2n) is 3.84. The summed E-state index contributed by atoms with van der Waals surface area (Å²) in [4.78, 5) is 2.32. The minimum atomic E-state index is 0.274. The van der Waals surface area contributed by atoms with E-state index in [0.29, 0.717) is 12.0 Å². The monoisotopic (exact) mass is 172 g/mol. The van der Waals surface area contributed by atoms with Crippen LogP contribution in [0, 0.1) is 5.92 Å². The molecule has 3 heteroatoms. The maximum absolute atomic E-state index is 8.64. The van der Waals surface area contributed by atoms with Crippen molar-refractivity contribution in [1.29, 1.82) is 0 Å².